The molecular formula is C13H16N2O3. The molecule has 1 saturated carbocycles. The third-order valence-electron chi connectivity index (χ3n) is 2.81. The van der Waals surface area contributed by atoms with Gasteiger partial charge >= 0.3 is 12.0 Å². The summed E-state index contributed by atoms with van der Waals surface area (Å²) in [5, 5.41) is 5.60. The first-order valence-corrected chi connectivity index (χ1v) is 5.86. The summed E-state index contributed by atoms with van der Waals surface area (Å²) in [6.07, 6.45) is 2.10. The van der Waals surface area contributed by atoms with Crippen LogP contribution in [-0.2, 0) is 4.74 Å². The van der Waals surface area contributed by atoms with Crippen LogP contribution in [0.5, 0.6) is 0 Å². The molecule has 1 aliphatic carbocycles. The highest BCUT2D eigenvalue weighted by molar-refractivity contribution is 5.93. The highest BCUT2D eigenvalue weighted by Gasteiger charge is 2.23. The predicted molar refractivity (Wildman–Crippen MR) is 67.7 cm³/mol. The maximum absolute atomic E-state index is 11.6. The van der Waals surface area contributed by atoms with Crippen molar-refractivity contribution in [3.8, 4) is 0 Å². The molecule has 2 N–H and O–H groups in total. The van der Waals surface area contributed by atoms with Crippen molar-refractivity contribution >= 4 is 17.7 Å². The Morgan fingerprint density at radius 3 is 2.61 bits per heavy atom. The number of urea groups is 1. The topological polar surface area (TPSA) is 67.4 Å². The number of methoxy groups -OCH3 is 1. The summed E-state index contributed by atoms with van der Waals surface area (Å²) in [7, 11) is 1.34. The minimum absolute atomic E-state index is 0.202. The second kappa shape index (κ2) is 5.08. The number of amides is 2. The van der Waals surface area contributed by atoms with E-state index in [4.69, 9.17) is 0 Å². The van der Waals surface area contributed by atoms with Gasteiger partial charge in [-0.3, -0.25) is 0 Å². The number of rotatable bonds is 3. The second-order valence-electron chi connectivity index (χ2n) is 4.39. The molecule has 5 nitrogen and oxygen atoms in total. The molecule has 2 rings (SSSR count). The number of carbonyl (C=O) groups excluding carboxylic acids is 2. The Morgan fingerprint density at radius 1 is 1.33 bits per heavy atom. The van der Waals surface area contributed by atoms with Gasteiger partial charge in [-0.05, 0) is 43.5 Å². The Kier molecular flexibility index (Phi) is 3.50. The van der Waals surface area contributed by atoms with Gasteiger partial charge in [0.05, 0.1) is 12.7 Å². The molecule has 0 aromatic heterocycles. The minimum Gasteiger partial charge on any atom is -0.465 e. The van der Waals surface area contributed by atoms with Crippen molar-refractivity contribution < 1.29 is 14.3 Å². The second-order valence-corrected chi connectivity index (χ2v) is 4.39. The number of benzene rings is 1. The number of aryl methyl sites for hydroxylation is 1. The van der Waals surface area contributed by atoms with E-state index in [-0.39, 0.29) is 12.0 Å². The first-order chi connectivity index (χ1) is 8.60. The van der Waals surface area contributed by atoms with Crippen molar-refractivity contribution in [2.24, 2.45) is 0 Å². The van der Waals surface area contributed by atoms with Gasteiger partial charge in [0, 0.05) is 11.7 Å². The van der Waals surface area contributed by atoms with Crippen LogP contribution in [0, 0.1) is 6.92 Å². The number of nitrogens with one attached hydrogen (secondary N) is 2. The summed E-state index contributed by atoms with van der Waals surface area (Å²) < 4.78 is 4.63. The summed E-state index contributed by atoms with van der Waals surface area (Å²) >= 11 is 0. The fourth-order valence-corrected chi connectivity index (χ4v) is 1.62. The fraction of sp³-hybridized carbons (Fsp3) is 0.385. The molecule has 5 heteroatoms. The predicted octanol–water partition coefficient (Wildman–Crippen LogP) is 2.07. The van der Waals surface area contributed by atoms with E-state index in [1.54, 1.807) is 18.2 Å². The average molecular weight is 248 g/mol. The summed E-state index contributed by atoms with van der Waals surface area (Å²) in [6, 6.07) is 5.14. The third kappa shape index (κ3) is 3.00. The quantitative estimate of drug-likeness (QED) is 0.805. The Labute approximate surface area is 106 Å². The van der Waals surface area contributed by atoms with Gasteiger partial charge in [-0.1, -0.05) is 0 Å². The van der Waals surface area contributed by atoms with Gasteiger partial charge in [-0.25, -0.2) is 9.59 Å². The van der Waals surface area contributed by atoms with Gasteiger partial charge in [-0.2, -0.15) is 0 Å². The number of ether oxygens (including phenoxy) is 1. The van der Waals surface area contributed by atoms with Gasteiger partial charge in [0.15, 0.2) is 0 Å². The zero-order valence-corrected chi connectivity index (χ0v) is 10.4. The summed E-state index contributed by atoms with van der Waals surface area (Å²) in [5.41, 5.74) is 1.99. The molecule has 0 unspecified atom stereocenters. The molecule has 1 aromatic carbocycles. The minimum atomic E-state index is -0.382. The van der Waals surface area contributed by atoms with Crippen LogP contribution in [0.4, 0.5) is 10.5 Å². The molecule has 0 heterocycles. The normalized spacial score (nSPS) is 13.9. The maximum atomic E-state index is 11.6. The molecule has 2 amide bonds. The molecule has 1 aliphatic rings. The molecule has 0 atom stereocenters. The molecule has 0 saturated heterocycles. The smallest absolute Gasteiger partial charge is 0.337 e. The van der Waals surface area contributed by atoms with Crippen LogP contribution >= 0.6 is 0 Å². The van der Waals surface area contributed by atoms with Crippen LogP contribution in [-0.4, -0.2) is 25.2 Å². The van der Waals surface area contributed by atoms with E-state index >= 15 is 0 Å². The first kappa shape index (κ1) is 12.4. The zero-order chi connectivity index (χ0) is 13.1. The van der Waals surface area contributed by atoms with Crippen molar-refractivity contribution in [1.82, 2.24) is 5.32 Å². The van der Waals surface area contributed by atoms with Crippen LogP contribution < -0.4 is 10.6 Å². The van der Waals surface area contributed by atoms with E-state index in [1.807, 2.05) is 6.92 Å². The van der Waals surface area contributed by atoms with E-state index in [1.165, 1.54) is 7.11 Å². The molecular weight excluding hydrogens is 232 g/mol. The van der Waals surface area contributed by atoms with Crippen molar-refractivity contribution in [3.05, 3.63) is 29.3 Å². The van der Waals surface area contributed by atoms with E-state index in [2.05, 4.69) is 15.4 Å². The lowest BCUT2D eigenvalue weighted by Gasteiger charge is -2.10. The third-order valence-corrected chi connectivity index (χ3v) is 2.81. The molecule has 1 fully saturated rings. The Balaban J connectivity index is 2.04. The summed E-state index contributed by atoms with van der Waals surface area (Å²) in [4.78, 5) is 22.9. The highest BCUT2D eigenvalue weighted by atomic mass is 16.5. The van der Waals surface area contributed by atoms with Gasteiger partial charge < -0.3 is 15.4 Å². The summed E-state index contributed by atoms with van der Waals surface area (Å²) in [6.45, 7) is 1.83. The lowest BCUT2D eigenvalue weighted by molar-refractivity contribution is 0.0600. The van der Waals surface area contributed by atoms with Crippen molar-refractivity contribution in [1.29, 1.82) is 0 Å². The zero-order valence-electron chi connectivity index (χ0n) is 10.4. The van der Waals surface area contributed by atoms with Crippen molar-refractivity contribution in [3.63, 3.8) is 0 Å². The van der Waals surface area contributed by atoms with E-state index in [9.17, 15) is 9.59 Å². The van der Waals surface area contributed by atoms with Crippen LogP contribution in [0.25, 0.3) is 0 Å². The Hall–Kier alpha value is -2.04. The molecule has 0 bridgehead atoms. The number of carbonyl (C=O) groups is 2. The van der Waals surface area contributed by atoms with Crippen LogP contribution in [0.2, 0.25) is 0 Å². The monoisotopic (exact) mass is 248 g/mol. The van der Waals surface area contributed by atoms with Gasteiger partial charge in [0.1, 0.15) is 0 Å². The summed E-state index contributed by atoms with van der Waals surface area (Å²) in [5.74, 6) is -0.382. The average Bonchev–Trinajstić information content (AvgIpc) is 3.14. The number of esters is 1. The molecule has 0 aliphatic heterocycles. The van der Waals surface area contributed by atoms with Crippen LogP contribution in [0.15, 0.2) is 18.2 Å². The lowest BCUT2D eigenvalue weighted by Crippen LogP contribution is -2.30. The number of hydrogen-bond donors (Lipinski definition) is 2. The maximum Gasteiger partial charge on any atom is 0.337 e. The Morgan fingerprint density at radius 2 is 2.06 bits per heavy atom. The Bertz CT molecular complexity index is 481. The van der Waals surface area contributed by atoms with Crippen LogP contribution in [0.3, 0.4) is 0 Å². The van der Waals surface area contributed by atoms with Gasteiger partial charge in [0.25, 0.3) is 0 Å². The van der Waals surface area contributed by atoms with E-state index < -0.39 is 0 Å². The largest absolute Gasteiger partial charge is 0.465 e. The van der Waals surface area contributed by atoms with Crippen LogP contribution in [0.1, 0.15) is 28.8 Å². The molecule has 96 valence electrons. The van der Waals surface area contributed by atoms with Gasteiger partial charge in [0.2, 0.25) is 0 Å². The van der Waals surface area contributed by atoms with E-state index in [0.717, 1.165) is 18.4 Å². The van der Waals surface area contributed by atoms with Gasteiger partial charge in [-0.15, -0.1) is 0 Å². The molecule has 0 spiro atoms. The van der Waals surface area contributed by atoms with E-state index in [0.29, 0.717) is 17.3 Å². The number of anilines is 1. The van der Waals surface area contributed by atoms with Crippen molar-refractivity contribution in [2.45, 2.75) is 25.8 Å². The number of hydrogen-bond acceptors (Lipinski definition) is 3. The molecule has 0 radical (unpaired) electrons. The fourth-order valence-electron chi connectivity index (χ4n) is 1.62. The molecule has 1 aromatic rings. The lowest BCUT2D eigenvalue weighted by atomic mass is 10.1. The SMILES string of the molecule is COC(=O)c1ccc(NC(=O)NC2CC2)c(C)c1. The first-order valence-electron chi connectivity index (χ1n) is 5.86. The molecule has 18 heavy (non-hydrogen) atoms. The standard InChI is InChI=1S/C13H16N2O3/c1-8-7-9(12(16)18-2)3-6-11(8)15-13(17)14-10-4-5-10/h3,6-7,10H,4-5H2,1-2H3,(H2,14,15,17). The highest BCUT2D eigenvalue weighted by Crippen LogP contribution is 2.20. The van der Waals surface area contributed by atoms with Crippen molar-refractivity contribution in [2.75, 3.05) is 12.4 Å².